The van der Waals surface area contributed by atoms with Gasteiger partial charge < -0.3 is 14.6 Å². The number of fused-ring (bicyclic) bond motifs is 1. The summed E-state index contributed by atoms with van der Waals surface area (Å²) in [6.45, 7) is 7.79. The molecule has 2 heterocycles. The average Bonchev–Trinajstić information content (AvgIpc) is 2.76. The number of nitrogens with one attached hydrogen (secondary N) is 1. The van der Waals surface area contributed by atoms with Crippen molar-refractivity contribution in [2.24, 2.45) is 0 Å². The third-order valence-corrected chi connectivity index (χ3v) is 3.73. The smallest absolute Gasteiger partial charge is 0.111 e. The minimum absolute atomic E-state index is 0.386. The van der Waals surface area contributed by atoms with E-state index in [4.69, 9.17) is 9.72 Å². The molecular weight excluding hydrogens is 238 g/mol. The fraction of sp³-hybridized carbons (Fsp3) is 0.533. The zero-order chi connectivity index (χ0) is 13.2. The van der Waals surface area contributed by atoms with Crippen LogP contribution in [0.25, 0.3) is 11.0 Å². The molecule has 0 radical (unpaired) electrons. The standard InChI is InChI=1S/C15H21N3O/c1-3-18-14-5-4-11(2)8-13(14)17-15(18)9-12-10-19-7-6-16-12/h4-5,8,12,16H,3,6-7,9-10H2,1-2H3. The molecule has 3 rings (SSSR count). The van der Waals surface area contributed by atoms with Crippen molar-refractivity contribution in [1.29, 1.82) is 0 Å². The van der Waals surface area contributed by atoms with Gasteiger partial charge in [0, 0.05) is 25.6 Å². The summed E-state index contributed by atoms with van der Waals surface area (Å²) in [5.74, 6) is 1.16. The third-order valence-electron chi connectivity index (χ3n) is 3.73. The number of imidazole rings is 1. The van der Waals surface area contributed by atoms with Gasteiger partial charge in [-0.25, -0.2) is 4.98 Å². The molecule has 1 aromatic heterocycles. The summed E-state index contributed by atoms with van der Waals surface area (Å²) in [5.41, 5.74) is 3.60. The van der Waals surface area contributed by atoms with E-state index in [1.165, 1.54) is 11.1 Å². The van der Waals surface area contributed by atoms with E-state index in [1.807, 2.05) is 0 Å². The van der Waals surface area contributed by atoms with Crippen LogP contribution >= 0.6 is 0 Å². The van der Waals surface area contributed by atoms with E-state index in [-0.39, 0.29) is 0 Å². The van der Waals surface area contributed by atoms with Crippen LogP contribution in [0, 0.1) is 6.92 Å². The monoisotopic (exact) mass is 259 g/mol. The van der Waals surface area contributed by atoms with Gasteiger partial charge in [0.25, 0.3) is 0 Å². The molecule has 0 bridgehead atoms. The fourth-order valence-electron chi connectivity index (χ4n) is 2.77. The number of hydrogen-bond acceptors (Lipinski definition) is 3. The predicted octanol–water partition coefficient (Wildman–Crippen LogP) is 1.90. The lowest BCUT2D eigenvalue weighted by molar-refractivity contribution is 0.0762. The average molecular weight is 259 g/mol. The lowest BCUT2D eigenvalue weighted by Crippen LogP contribution is -2.43. The maximum atomic E-state index is 5.52. The molecule has 0 aliphatic carbocycles. The molecule has 1 atom stereocenters. The topological polar surface area (TPSA) is 39.1 Å². The van der Waals surface area contributed by atoms with E-state index in [2.05, 4.69) is 41.9 Å². The van der Waals surface area contributed by atoms with Crippen molar-refractivity contribution in [3.63, 3.8) is 0 Å². The summed E-state index contributed by atoms with van der Waals surface area (Å²) in [5, 5.41) is 3.50. The largest absolute Gasteiger partial charge is 0.379 e. The zero-order valence-electron chi connectivity index (χ0n) is 11.6. The van der Waals surface area contributed by atoms with Gasteiger partial charge in [-0.15, -0.1) is 0 Å². The Morgan fingerprint density at radius 3 is 3.11 bits per heavy atom. The molecule has 19 heavy (non-hydrogen) atoms. The molecule has 1 aliphatic rings. The molecule has 1 aliphatic heterocycles. The number of rotatable bonds is 3. The lowest BCUT2D eigenvalue weighted by atomic mass is 10.2. The van der Waals surface area contributed by atoms with Crippen LogP contribution in [0.5, 0.6) is 0 Å². The van der Waals surface area contributed by atoms with Crippen molar-refractivity contribution >= 4 is 11.0 Å². The molecule has 2 aromatic rings. The Hall–Kier alpha value is -1.39. The Labute approximate surface area is 113 Å². The van der Waals surface area contributed by atoms with Crippen LogP contribution < -0.4 is 5.32 Å². The van der Waals surface area contributed by atoms with Crippen molar-refractivity contribution in [1.82, 2.24) is 14.9 Å². The number of ether oxygens (including phenoxy) is 1. The van der Waals surface area contributed by atoms with Crippen LogP contribution in [0.3, 0.4) is 0 Å². The Kier molecular flexibility index (Phi) is 3.53. The minimum atomic E-state index is 0.386. The first-order valence-corrected chi connectivity index (χ1v) is 7.05. The van der Waals surface area contributed by atoms with Crippen LogP contribution in [-0.2, 0) is 17.7 Å². The molecule has 0 saturated carbocycles. The van der Waals surface area contributed by atoms with Crippen molar-refractivity contribution in [3.05, 3.63) is 29.6 Å². The first-order valence-electron chi connectivity index (χ1n) is 7.05. The third kappa shape index (κ3) is 2.51. The minimum Gasteiger partial charge on any atom is -0.379 e. The highest BCUT2D eigenvalue weighted by molar-refractivity contribution is 5.76. The quantitative estimate of drug-likeness (QED) is 0.915. The molecule has 1 N–H and O–H groups in total. The molecule has 4 heteroatoms. The maximum Gasteiger partial charge on any atom is 0.111 e. The molecule has 0 amide bonds. The summed E-state index contributed by atoms with van der Waals surface area (Å²) >= 11 is 0. The second-order valence-corrected chi connectivity index (χ2v) is 5.19. The molecule has 4 nitrogen and oxygen atoms in total. The van der Waals surface area contributed by atoms with E-state index >= 15 is 0 Å². The van der Waals surface area contributed by atoms with Crippen molar-refractivity contribution in [2.75, 3.05) is 19.8 Å². The number of benzene rings is 1. The van der Waals surface area contributed by atoms with Gasteiger partial charge in [-0.2, -0.15) is 0 Å². The van der Waals surface area contributed by atoms with Gasteiger partial charge in [0.2, 0.25) is 0 Å². The summed E-state index contributed by atoms with van der Waals surface area (Å²) in [7, 11) is 0. The van der Waals surface area contributed by atoms with Gasteiger partial charge in [0.1, 0.15) is 5.82 Å². The normalized spacial score (nSPS) is 20.0. The molecular formula is C15H21N3O. The number of morpholine rings is 1. The van der Waals surface area contributed by atoms with E-state index in [9.17, 15) is 0 Å². The zero-order valence-corrected chi connectivity index (χ0v) is 11.6. The van der Waals surface area contributed by atoms with Gasteiger partial charge in [-0.1, -0.05) is 6.07 Å². The van der Waals surface area contributed by atoms with Gasteiger partial charge in [-0.3, -0.25) is 0 Å². The highest BCUT2D eigenvalue weighted by Gasteiger charge is 2.17. The second-order valence-electron chi connectivity index (χ2n) is 5.19. The number of aromatic nitrogens is 2. The molecule has 1 unspecified atom stereocenters. The number of aryl methyl sites for hydroxylation is 2. The van der Waals surface area contributed by atoms with E-state index in [0.717, 1.165) is 44.1 Å². The molecule has 102 valence electrons. The van der Waals surface area contributed by atoms with Crippen LogP contribution in [-0.4, -0.2) is 35.4 Å². The van der Waals surface area contributed by atoms with E-state index in [0.29, 0.717) is 6.04 Å². The molecule has 1 fully saturated rings. The van der Waals surface area contributed by atoms with Gasteiger partial charge in [0.05, 0.1) is 24.2 Å². The van der Waals surface area contributed by atoms with E-state index in [1.54, 1.807) is 0 Å². The summed E-state index contributed by atoms with van der Waals surface area (Å²) in [6, 6.07) is 6.88. The maximum absolute atomic E-state index is 5.52. The number of hydrogen-bond donors (Lipinski definition) is 1. The van der Waals surface area contributed by atoms with Gasteiger partial charge in [0.15, 0.2) is 0 Å². The second kappa shape index (κ2) is 5.31. The Morgan fingerprint density at radius 2 is 2.37 bits per heavy atom. The predicted molar refractivity (Wildman–Crippen MR) is 76.5 cm³/mol. The Morgan fingerprint density at radius 1 is 1.47 bits per heavy atom. The molecule has 1 saturated heterocycles. The summed E-state index contributed by atoms with van der Waals surface area (Å²) < 4.78 is 7.83. The van der Waals surface area contributed by atoms with E-state index < -0.39 is 0 Å². The lowest BCUT2D eigenvalue weighted by Gasteiger charge is -2.23. The van der Waals surface area contributed by atoms with Crippen molar-refractivity contribution in [2.45, 2.75) is 32.9 Å². The first kappa shape index (κ1) is 12.6. The van der Waals surface area contributed by atoms with Crippen molar-refractivity contribution in [3.8, 4) is 0 Å². The molecule has 1 aromatic carbocycles. The SMILES string of the molecule is CCn1c(CC2COCCN2)nc2cc(C)ccc21. The Balaban J connectivity index is 1.93. The fourth-order valence-corrected chi connectivity index (χ4v) is 2.77. The Bertz CT molecular complexity index is 570. The van der Waals surface area contributed by atoms with Crippen LogP contribution in [0.2, 0.25) is 0 Å². The highest BCUT2D eigenvalue weighted by atomic mass is 16.5. The highest BCUT2D eigenvalue weighted by Crippen LogP contribution is 2.19. The van der Waals surface area contributed by atoms with Gasteiger partial charge in [-0.05, 0) is 31.5 Å². The van der Waals surface area contributed by atoms with Crippen molar-refractivity contribution < 1.29 is 4.74 Å². The summed E-state index contributed by atoms with van der Waals surface area (Å²) in [6.07, 6.45) is 0.932. The van der Waals surface area contributed by atoms with Crippen LogP contribution in [0.15, 0.2) is 18.2 Å². The van der Waals surface area contributed by atoms with Crippen LogP contribution in [0.1, 0.15) is 18.3 Å². The summed E-state index contributed by atoms with van der Waals surface area (Å²) in [4.78, 5) is 4.81. The van der Waals surface area contributed by atoms with Crippen LogP contribution in [0.4, 0.5) is 0 Å². The van der Waals surface area contributed by atoms with Gasteiger partial charge >= 0.3 is 0 Å². The molecule has 0 spiro atoms. The first-order chi connectivity index (χ1) is 9.28. The number of nitrogens with zero attached hydrogens (tertiary/aromatic N) is 2.